The van der Waals surface area contributed by atoms with Crippen LogP contribution in [0.5, 0.6) is 17.2 Å². The van der Waals surface area contributed by atoms with Crippen molar-refractivity contribution in [1.29, 1.82) is 0 Å². The number of carbonyl (C=O) groups is 1. The topological polar surface area (TPSA) is 87.9 Å². The van der Waals surface area contributed by atoms with Crippen LogP contribution in [0.1, 0.15) is 36.7 Å². The molecule has 138 valence electrons. The van der Waals surface area contributed by atoms with E-state index < -0.39 is 4.92 Å². The van der Waals surface area contributed by atoms with Gasteiger partial charge in [-0.3, -0.25) is 14.9 Å². The first-order chi connectivity index (χ1) is 12.4. The SMILES string of the molecule is CCOc1cc(C=O)ccc1OCc1cc([N+](=O)[O-])ccc1OC(C)C. The van der Waals surface area contributed by atoms with E-state index in [4.69, 9.17) is 14.2 Å². The smallest absolute Gasteiger partial charge is 0.270 e. The van der Waals surface area contributed by atoms with Crippen molar-refractivity contribution in [3.63, 3.8) is 0 Å². The minimum absolute atomic E-state index is 0.0407. The molecule has 0 bridgehead atoms. The van der Waals surface area contributed by atoms with Gasteiger partial charge in [0.15, 0.2) is 11.5 Å². The van der Waals surface area contributed by atoms with Gasteiger partial charge < -0.3 is 14.2 Å². The maximum atomic E-state index is 11.0. The summed E-state index contributed by atoms with van der Waals surface area (Å²) >= 11 is 0. The lowest BCUT2D eigenvalue weighted by molar-refractivity contribution is -0.385. The number of benzene rings is 2. The van der Waals surface area contributed by atoms with Gasteiger partial charge in [-0.25, -0.2) is 0 Å². The molecule has 2 aromatic rings. The number of nitro benzene ring substituents is 1. The number of rotatable bonds is 9. The molecule has 0 amide bonds. The van der Waals surface area contributed by atoms with Crippen LogP contribution in [0.3, 0.4) is 0 Å². The molecule has 0 saturated carbocycles. The first kappa shape index (κ1) is 19.2. The van der Waals surface area contributed by atoms with Gasteiger partial charge >= 0.3 is 0 Å². The van der Waals surface area contributed by atoms with E-state index in [1.807, 2.05) is 20.8 Å². The lowest BCUT2D eigenvalue weighted by Crippen LogP contribution is -2.09. The van der Waals surface area contributed by atoms with Crippen LogP contribution in [0.25, 0.3) is 0 Å². The van der Waals surface area contributed by atoms with E-state index >= 15 is 0 Å². The molecule has 0 aliphatic heterocycles. The molecule has 2 aromatic carbocycles. The summed E-state index contributed by atoms with van der Waals surface area (Å²) in [4.78, 5) is 21.5. The Bertz CT molecular complexity index is 788. The second kappa shape index (κ2) is 8.84. The highest BCUT2D eigenvalue weighted by Crippen LogP contribution is 2.31. The zero-order chi connectivity index (χ0) is 19.1. The number of aldehydes is 1. The molecule has 0 aliphatic rings. The Morgan fingerprint density at radius 2 is 1.81 bits per heavy atom. The molecule has 0 unspecified atom stereocenters. The summed E-state index contributed by atoms with van der Waals surface area (Å²) in [7, 11) is 0. The van der Waals surface area contributed by atoms with Crippen molar-refractivity contribution in [1.82, 2.24) is 0 Å². The molecule has 26 heavy (non-hydrogen) atoms. The summed E-state index contributed by atoms with van der Waals surface area (Å²) in [6.45, 7) is 6.04. The normalized spacial score (nSPS) is 10.5. The highest BCUT2D eigenvalue weighted by molar-refractivity contribution is 5.76. The molecule has 0 aliphatic carbocycles. The molecule has 0 spiro atoms. The molecule has 7 nitrogen and oxygen atoms in total. The average molecular weight is 359 g/mol. The molecule has 0 radical (unpaired) electrons. The van der Waals surface area contributed by atoms with Crippen LogP contribution in [-0.2, 0) is 6.61 Å². The Balaban J connectivity index is 2.28. The number of ether oxygens (including phenoxy) is 3. The minimum atomic E-state index is -0.465. The van der Waals surface area contributed by atoms with E-state index in [0.29, 0.717) is 35.0 Å². The third-order valence-corrected chi connectivity index (χ3v) is 3.40. The van der Waals surface area contributed by atoms with E-state index in [-0.39, 0.29) is 18.4 Å². The maximum absolute atomic E-state index is 11.0. The van der Waals surface area contributed by atoms with Gasteiger partial charge in [0.05, 0.1) is 17.6 Å². The molecule has 2 rings (SSSR count). The van der Waals surface area contributed by atoms with E-state index in [2.05, 4.69) is 0 Å². The molecule has 0 fully saturated rings. The standard InChI is InChI=1S/C19H21NO6/c1-4-24-19-9-14(11-21)5-7-18(19)25-12-15-10-16(20(22)23)6-8-17(15)26-13(2)3/h5-11,13H,4,12H2,1-3H3. The molecule has 0 aromatic heterocycles. The molecule has 0 heterocycles. The predicted octanol–water partition coefficient (Wildman–Crippen LogP) is 4.17. The van der Waals surface area contributed by atoms with E-state index in [1.165, 1.54) is 12.1 Å². The number of non-ortho nitro benzene ring substituents is 1. The zero-order valence-corrected chi connectivity index (χ0v) is 14.9. The quantitative estimate of drug-likeness (QED) is 0.379. The lowest BCUT2D eigenvalue weighted by Gasteiger charge is -2.16. The van der Waals surface area contributed by atoms with Crippen molar-refractivity contribution in [3.8, 4) is 17.2 Å². The number of nitro groups is 1. The van der Waals surface area contributed by atoms with Crippen LogP contribution in [0.4, 0.5) is 5.69 Å². The van der Waals surface area contributed by atoms with Crippen LogP contribution in [0.2, 0.25) is 0 Å². The van der Waals surface area contributed by atoms with Gasteiger partial charge in [-0.2, -0.15) is 0 Å². The zero-order valence-electron chi connectivity index (χ0n) is 14.9. The Hall–Kier alpha value is -3.09. The Morgan fingerprint density at radius 1 is 1.08 bits per heavy atom. The summed E-state index contributed by atoms with van der Waals surface area (Å²) in [5.74, 6) is 1.40. The van der Waals surface area contributed by atoms with Crippen molar-refractivity contribution in [2.45, 2.75) is 33.5 Å². The van der Waals surface area contributed by atoms with Crippen molar-refractivity contribution in [2.24, 2.45) is 0 Å². The highest BCUT2D eigenvalue weighted by Gasteiger charge is 2.15. The summed E-state index contributed by atoms with van der Waals surface area (Å²) in [5, 5.41) is 11.0. The third kappa shape index (κ3) is 4.95. The summed E-state index contributed by atoms with van der Waals surface area (Å²) in [6.07, 6.45) is 0.641. The predicted molar refractivity (Wildman–Crippen MR) is 96.2 cm³/mol. The molecule has 7 heteroatoms. The van der Waals surface area contributed by atoms with E-state index in [1.54, 1.807) is 24.3 Å². The van der Waals surface area contributed by atoms with Crippen LogP contribution < -0.4 is 14.2 Å². The van der Waals surface area contributed by atoms with Crippen molar-refractivity contribution in [2.75, 3.05) is 6.61 Å². The lowest BCUT2D eigenvalue weighted by atomic mass is 10.2. The molecule has 0 N–H and O–H groups in total. The first-order valence-electron chi connectivity index (χ1n) is 8.23. The third-order valence-electron chi connectivity index (χ3n) is 3.40. The molecule has 0 atom stereocenters. The minimum Gasteiger partial charge on any atom is -0.491 e. The van der Waals surface area contributed by atoms with Gasteiger partial charge in [0.1, 0.15) is 18.6 Å². The average Bonchev–Trinajstić information content (AvgIpc) is 2.61. The van der Waals surface area contributed by atoms with Crippen molar-refractivity contribution in [3.05, 3.63) is 57.6 Å². The molecular weight excluding hydrogens is 338 g/mol. The van der Waals surface area contributed by atoms with Gasteiger partial charge in [0.2, 0.25) is 0 Å². The number of carbonyl (C=O) groups excluding carboxylic acids is 1. The monoisotopic (exact) mass is 359 g/mol. The van der Waals surface area contributed by atoms with Crippen molar-refractivity contribution >= 4 is 12.0 Å². The molecule has 0 saturated heterocycles. The molecular formula is C19H21NO6. The van der Waals surface area contributed by atoms with E-state index in [0.717, 1.165) is 6.29 Å². The van der Waals surface area contributed by atoms with E-state index in [9.17, 15) is 14.9 Å². The number of hydrogen-bond acceptors (Lipinski definition) is 6. The fourth-order valence-corrected chi connectivity index (χ4v) is 2.30. The Morgan fingerprint density at radius 3 is 2.42 bits per heavy atom. The number of nitrogens with zero attached hydrogens (tertiary/aromatic N) is 1. The van der Waals surface area contributed by atoms with Crippen LogP contribution in [0.15, 0.2) is 36.4 Å². The summed E-state index contributed by atoms with van der Waals surface area (Å²) < 4.78 is 17.0. The fourth-order valence-electron chi connectivity index (χ4n) is 2.30. The van der Waals surface area contributed by atoms with Gasteiger partial charge in [0, 0.05) is 23.3 Å². The fraction of sp³-hybridized carbons (Fsp3) is 0.316. The highest BCUT2D eigenvalue weighted by atomic mass is 16.6. The van der Waals surface area contributed by atoms with Gasteiger partial charge in [0.25, 0.3) is 5.69 Å². The summed E-state index contributed by atoms with van der Waals surface area (Å²) in [5.41, 5.74) is 0.982. The Labute approximate surface area is 151 Å². The largest absolute Gasteiger partial charge is 0.491 e. The maximum Gasteiger partial charge on any atom is 0.270 e. The second-order valence-electron chi connectivity index (χ2n) is 5.76. The first-order valence-corrected chi connectivity index (χ1v) is 8.23. The van der Waals surface area contributed by atoms with Crippen LogP contribution in [0, 0.1) is 10.1 Å². The van der Waals surface area contributed by atoms with Crippen LogP contribution >= 0.6 is 0 Å². The van der Waals surface area contributed by atoms with Gasteiger partial charge in [-0.05, 0) is 45.0 Å². The summed E-state index contributed by atoms with van der Waals surface area (Å²) in [6, 6.07) is 9.23. The van der Waals surface area contributed by atoms with Gasteiger partial charge in [-0.15, -0.1) is 0 Å². The van der Waals surface area contributed by atoms with Gasteiger partial charge in [-0.1, -0.05) is 0 Å². The number of hydrogen-bond donors (Lipinski definition) is 0. The second-order valence-corrected chi connectivity index (χ2v) is 5.76. The Kier molecular flexibility index (Phi) is 6.54. The van der Waals surface area contributed by atoms with Crippen LogP contribution in [-0.4, -0.2) is 23.9 Å². The van der Waals surface area contributed by atoms with Crippen molar-refractivity contribution < 1.29 is 23.9 Å².